The molecule has 1 aromatic rings. The van der Waals surface area contributed by atoms with Gasteiger partial charge < -0.3 is 10.6 Å². The molecule has 2 N–H and O–H groups in total. The molecule has 0 amide bonds. The van der Waals surface area contributed by atoms with Crippen molar-refractivity contribution in [1.82, 2.24) is 0 Å². The molecule has 0 spiro atoms. The minimum Gasteiger partial charge on any atom is -0.397 e. The topological polar surface area (TPSA) is 29.3 Å². The Morgan fingerprint density at radius 1 is 0.842 bits per heavy atom. The van der Waals surface area contributed by atoms with E-state index in [-0.39, 0.29) is 0 Å². The van der Waals surface area contributed by atoms with Crippen molar-refractivity contribution >= 4 is 11.4 Å². The second kappa shape index (κ2) is 9.71. The summed E-state index contributed by atoms with van der Waals surface area (Å²) in [5.41, 5.74) is 8.19. The monoisotopic (exact) mass is 262 g/mol. The first-order chi connectivity index (χ1) is 9.29. The molecule has 0 saturated heterocycles. The number of hydrogen-bond donors (Lipinski definition) is 1. The lowest BCUT2D eigenvalue weighted by molar-refractivity contribution is 0.597. The molecular formula is C17H30N2. The zero-order valence-corrected chi connectivity index (χ0v) is 12.7. The van der Waals surface area contributed by atoms with Crippen molar-refractivity contribution in [2.24, 2.45) is 0 Å². The Hall–Kier alpha value is -1.18. The van der Waals surface area contributed by atoms with Crippen LogP contribution in [0.1, 0.15) is 58.8 Å². The quantitative estimate of drug-likeness (QED) is 0.482. The van der Waals surface area contributed by atoms with Crippen LogP contribution in [0, 0.1) is 0 Å². The van der Waals surface area contributed by atoms with Crippen LogP contribution in [-0.2, 0) is 0 Å². The fourth-order valence-corrected chi connectivity index (χ4v) is 2.48. The molecule has 0 aliphatic heterocycles. The predicted octanol–water partition coefficient (Wildman–Crippen LogP) is 4.85. The molecule has 0 bridgehead atoms. The lowest BCUT2D eigenvalue weighted by atomic mass is 10.1. The van der Waals surface area contributed by atoms with Crippen LogP contribution in [0.4, 0.5) is 11.4 Å². The van der Waals surface area contributed by atoms with E-state index in [0.29, 0.717) is 0 Å². The average molecular weight is 262 g/mol. The summed E-state index contributed by atoms with van der Waals surface area (Å²) in [6.07, 6.45) is 9.25. The third-order valence-electron chi connectivity index (χ3n) is 3.55. The number of nitrogens with two attached hydrogens (primary N) is 1. The first-order valence-electron chi connectivity index (χ1n) is 7.89. The molecule has 0 aliphatic carbocycles. The van der Waals surface area contributed by atoms with Crippen LogP contribution in [0.15, 0.2) is 24.3 Å². The van der Waals surface area contributed by atoms with Crippen molar-refractivity contribution in [3.8, 4) is 0 Å². The number of unbranched alkanes of at least 4 members (excludes halogenated alkanes) is 5. The van der Waals surface area contributed by atoms with E-state index in [1.54, 1.807) is 0 Å². The van der Waals surface area contributed by atoms with E-state index in [0.717, 1.165) is 18.8 Å². The van der Waals surface area contributed by atoms with Crippen LogP contribution < -0.4 is 10.6 Å². The van der Waals surface area contributed by atoms with Gasteiger partial charge in [-0.15, -0.1) is 0 Å². The molecule has 0 heterocycles. The molecule has 0 fully saturated rings. The molecule has 0 aromatic heterocycles. The molecule has 0 atom stereocenters. The van der Waals surface area contributed by atoms with Gasteiger partial charge in [-0.25, -0.2) is 0 Å². The number of anilines is 2. The van der Waals surface area contributed by atoms with E-state index >= 15 is 0 Å². The largest absolute Gasteiger partial charge is 0.397 e. The van der Waals surface area contributed by atoms with Crippen molar-refractivity contribution in [2.45, 2.75) is 58.8 Å². The molecule has 108 valence electrons. The standard InChI is InChI=1S/C17H30N2/c1-3-5-6-7-8-11-15-19(14-4-2)17-13-10-9-12-16(17)18/h9-10,12-13H,3-8,11,14-15,18H2,1-2H3. The zero-order chi connectivity index (χ0) is 13.9. The second-order valence-corrected chi connectivity index (χ2v) is 5.31. The smallest absolute Gasteiger partial charge is 0.0599 e. The number of para-hydroxylation sites is 2. The molecule has 1 rings (SSSR count). The third-order valence-corrected chi connectivity index (χ3v) is 3.55. The number of hydrogen-bond acceptors (Lipinski definition) is 2. The summed E-state index contributed by atoms with van der Waals surface area (Å²) in [6.45, 7) is 6.73. The highest BCUT2D eigenvalue weighted by Crippen LogP contribution is 2.23. The van der Waals surface area contributed by atoms with Crippen molar-refractivity contribution in [2.75, 3.05) is 23.7 Å². The fraction of sp³-hybridized carbons (Fsp3) is 0.647. The van der Waals surface area contributed by atoms with E-state index in [9.17, 15) is 0 Å². The van der Waals surface area contributed by atoms with Gasteiger partial charge in [0.1, 0.15) is 0 Å². The van der Waals surface area contributed by atoms with E-state index in [4.69, 9.17) is 5.73 Å². The third kappa shape index (κ3) is 6.00. The van der Waals surface area contributed by atoms with Gasteiger partial charge in [0.2, 0.25) is 0 Å². The number of nitrogens with zero attached hydrogens (tertiary/aromatic N) is 1. The van der Waals surface area contributed by atoms with Gasteiger partial charge in [0.05, 0.1) is 11.4 Å². The van der Waals surface area contributed by atoms with Crippen molar-refractivity contribution < 1.29 is 0 Å². The van der Waals surface area contributed by atoms with Gasteiger partial charge in [0.25, 0.3) is 0 Å². The Kier molecular flexibility index (Phi) is 8.11. The Morgan fingerprint density at radius 2 is 1.53 bits per heavy atom. The summed E-state index contributed by atoms with van der Waals surface area (Å²) in [7, 11) is 0. The van der Waals surface area contributed by atoms with Gasteiger partial charge in [0.15, 0.2) is 0 Å². The van der Waals surface area contributed by atoms with E-state index in [1.165, 1.54) is 50.6 Å². The minimum absolute atomic E-state index is 0.905. The summed E-state index contributed by atoms with van der Waals surface area (Å²) >= 11 is 0. The van der Waals surface area contributed by atoms with Gasteiger partial charge in [-0.1, -0.05) is 58.1 Å². The first kappa shape index (κ1) is 15.9. The van der Waals surface area contributed by atoms with Crippen LogP contribution in [0.2, 0.25) is 0 Å². The maximum atomic E-state index is 6.08. The molecule has 2 heteroatoms. The van der Waals surface area contributed by atoms with Gasteiger partial charge in [-0.05, 0) is 25.0 Å². The molecule has 0 radical (unpaired) electrons. The van der Waals surface area contributed by atoms with E-state index in [1.807, 2.05) is 12.1 Å². The van der Waals surface area contributed by atoms with Crippen LogP contribution >= 0.6 is 0 Å². The second-order valence-electron chi connectivity index (χ2n) is 5.31. The SMILES string of the molecule is CCCCCCCCN(CCC)c1ccccc1N. The van der Waals surface area contributed by atoms with Crippen LogP contribution in [0.25, 0.3) is 0 Å². The maximum absolute atomic E-state index is 6.08. The summed E-state index contributed by atoms with van der Waals surface area (Å²) in [6, 6.07) is 8.23. The highest BCUT2D eigenvalue weighted by atomic mass is 15.1. The van der Waals surface area contributed by atoms with Crippen LogP contribution in [0.5, 0.6) is 0 Å². The van der Waals surface area contributed by atoms with Gasteiger partial charge >= 0.3 is 0 Å². The highest BCUT2D eigenvalue weighted by Gasteiger charge is 2.07. The lowest BCUT2D eigenvalue weighted by Gasteiger charge is -2.25. The molecule has 0 saturated carbocycles. The Bertz CT molecular complexity index is 336. The van der Waals surface area contributed by atoms with Crippen molar-refractivity contribution in [1.29, 1.82) is 0 Å². The summed E-state index contributed by atoms with van der Waals surface area (Å²) < 4.78 is 0. The van der Waals surface area contributed by atoms with Gasteiger partial charge in [-0.2, -0.15) is 0 Å². The van der Waals surface area contributed by atoms with E-state index < -0.39 is 0 Å². The number of benzene rings is 1. The number of nitrogen functional groups attached to an aromatic ring is 1. The predicted molar refractivity (Wildman–Crippen MR) is 86.7 cm³/mol. The Balaban J connectivity index is 2.39. The summed E-state index contributed by atoms with van der Waals surface area (Å²) in [5.74, 6) is 0. The molecule has 0 aliphatic rings. The lowest BCUT2D eigenvalue weighted by Crippen LogP contribution is -2.26. The fourth-order valence-electron chi connectivity index (χ4n) is 2.48. The highest BCUT2D eigenvalue weighted by molar-refractivity contribution is 5.67. The summed E-state index contributed by atoms with van der Waals surface area (Å²) in [4.78, 5) is 2.44. The van der Waals surface area contributed by atoms with Crippen LogP contribution in [0.3, 0.4) is 0 Å². The van der Waals surface area contributed by atoms with E-state index in [2.05, 4.69) is 30.9 Å². The number of rotatable bonds is 10. The average Bonchev–Trinajstić information content (AvgIpc) is 2.42. The maximum Gasteiger partial charge on any atom is 0.0599 e. The summed E-state index contributed by atoms with van der Waals surface area (Å²) in [5, 5.41) is 0. The molecule has 19 heavy (non-hydrogen) atoms. The van der Waals surface area contributed by atoms with Gasteiger partial charge in [0, 0.05) is 13.1 Å². The Morgan fingerprint density at radius 3 is 2.21 bits per heavy atom. The van der Waals surface area contributed by atoms with Crippen molar-refractivity contribution in [3.63, 3.8) is 0 Å². The molecule has 0 unspecified atom stereocenters. The van der Waals surface area contributed by atoms with Crippen molar-refractivity contribution in [3.05, 3.63) is 24.3 Å². The minimum atomic E-state index is 0.905. The first-order valence-corrected chi connectivity index (χ1v) is 7.89. The van der Waals surface area contributed by atoms with Gasteiger partial charge in [-0.3, -0.25) is 0 Å². The normalized spacial score (nSPS) is 10.6. The molecular weight excluding hydrogens is 232 g/mol. The Labute approximate surface area is 119 Å². The van der Waals surface area contributed by atoms with Crippen LogP contribution in [-0.4, -0.2) is 13.1 Å². The zero-order valence-electron chi connectivity index (χ0n) is 12.7. The molecule has 2 nitrogen and oxygen atoms in total. The molecule has 1 aromatic carbocycles.